The second-order valence-corrected chi connectivity index (χ2v) is 4.75. The number of aromatic nitrogens is 2. The molecule has 104 valence electrons. The Morgan fingerprint density at radius 3 is 2.50 bits per heavy atom. The average Bonchev–Trinajstić information content (AvgIpc) is 2.48. The van der Waals surface area contributed by atoms with E-state index >= 15 is 0 Å². The van der Waals surface area contributed by atoms with Gasteiger partial charge in [0.15, 0.2) is 0 Å². The summed E-state index contributed by atoms with van der Waals surface area (Å²) in [6.07, 6.45) is 3.36. The SMILES string of the molecule is CC(CN(C)c1cnc(-c2ccccc2)cn1)C(=O)O. The lowest BCUT2D eigenvalue weighted by Gasteiger charge is -2.20. The molecule has 2 rings (SSSR count). The zero-order valence-electron chi connectivity index (χ0n) is 11.5. The van der Waals surface area contributed by atoms with E-state index in [4.69, 9.17) is 5.11 Å². The summed E-state index contributed by atoms with van der Waals surface area (Å²) in [5.41, 5.74) is 1.81. The third-order valence-electron chi connectivity index (χ3n) is 3.07. The summed E-state index contributed by atoms with van der Waals surface area (Å²) < 4.78 is 0. The number of aliphatic carboxylic acids is 1. The second-order valence-electron chi connectivity index (χ2n) is 4.75. The molecule has 0 amide bonds. The summed E-state index contributed by atoms with van der Waals surface area (Å²) in [5, 5.41) is 8.91. The monoisotopic (exact) mass is 271 g/mol. The number of carboxylic acids is 1. The van der Waals surface area contributed by atoms with Crippen LogP contribution in [0.4, 0.5) is 5.82 Å². The lowest BCUT2D eigenvalue weighted by molar-refractivity contribution is -0.140. The fourth-order valence-corrected chi connectivity index (χ4v) is 1.86. The van der Waals surface area contributed by atoms with Gasteiger partial charge in [-0.15, -0.1) is 0 Å². The molecule has 20 heavy (non-hydrogen) atoms. The van der Waals surface area contributed by atoms with E-state index in [1.165, 1.54) is 0 Å². The molecule has 2 aromatic rings. The quantitative estimate of drug-likeness (QED) is 0.903. The number of nitrogens with zero attached hydrogens (tertiary/aromatic N) is 3. The van der Waals surface area contributed by atoms with Crippen LogP contribution in [0.1, 0.15) is 6.92 Å². The molecule has 0 aliphatic rings. The summed E-state index contributed by atoms with van der Waals surface area (Å²) >= 11 is 0. The minimum atomic E-state index is -0.814. The second kappa shape index (κ2) is 6.14. The maximum atomic E-state index is 10.8. The minimum Gasteiger partial charge on any atom is -0.481 e. The normalized spacial score (nSPS) is 11.9. The Hall–Kier alpha value is -2.43. The standard InChI is InChI=1S/C15H17N3O2/c1-11(15(19)20)10-18(2)14-9-16-13(8-17-14)12-6-4-3-5-7-12/h3-9,11H,10H2,1-2H3,(H,19,20). The number of hydrogen-bond acceptors (Lipinski definition) is 4. The molecule has 5 heteroatoms. The van der Waals surface area contributed by atoms with Crippen LogP contribution < -0.4 is 4.90 Å². The maximum Gasteiger partial charge on any atom is 0.308 e. The molecule has 1 aromatic carbocycles. The molecule has 0 saturated heterocycles. The molecule has 0 bridgehead atoms. The van der Waals surface area contributed by atoms with E-state index in [-0.39, 0.29) is 0 Å². The Labute approximate surface area is 117 Å². The Bertz CT molecular complexity index is 569. The van der Waals surface area contributed by atoms with Crippen molar-refractivity contribution in [3.8, 4) is 11.3 Å². The molecule has 0 radical (unpaired) electrons. The van der Waals surface area contributed by atoms with E-state index in [1.54, 1.807) is 24.2 Å². The fraction of sp³-hybridized carbons (Fsp3) is 0.267. The lowest BCUT2D eigenvalue weighted by Crippen LogP contribution is -2.29. The van der Waals surface area contributed by atoms with Crippen LogP contribution in [0.25, 0.3) is 11.3 Å². The first-order chi connectivity index (χ1) is 9.58. The van der Waals surface area contributed by atoms with Crippen molar-refractivity contribution in [3.63, 3.8) is 0 Å². The highest BCUT2D eigenvalue weighted by Crippen LogP contribution is 2.17. The summed E-state index contributed by atoms with van der Waals surface area (Å²) in [6, 6.07) is 9.79. The molecular weight excluding hydrogens is 254 g/mol. The molecule has 5 nitrogen and oxygen atoms in total. The third-order valence-corrected chi connectivity index (χ3v) is 3.07. The summed E-state index contributed by atoms with van der Waals surface area (Å²) in [5.74, 6) is -0.598. The molecule has 1 N–H and O–H groups in total. The summed E-state index contributed by atoms with van der Waals surface area (Å²) in [4.78, 5) is 21.3. The smallest absolute Gasteiger partial charge is 0.308 e. The molecule has 0 spiro atoms. The highest BCUT2D eigenvalue weighted by Gasteiger charge is 2.14. The van der Waals surface area contributed by atoms with Crippen molar-refractivity contribution < 1.29 is 9.90 Å². The van der Waals surface area contributed by atoms with Gasteiger partial charge in [0.2, 0.25) is 0 Å². The minimum absolute atomic E-state index is 0.398. The number of benzene rings is 1. The number of hydrogen-bond donors (Lipinski definition) is 1. The molecule has 0 fully saturated rings. The zero-order chi connectivity index (χ0) is 14.5. The Kier molecular flexibility index (Phi) is 4.30. The van der Waals surface area contributed by atoms with Gasteiger partial charge in [-0.25, -0.2) is 4.98 Å². The molecule has 1 heterocycles. The van der Waals surface area contributed by atoms with E-state index in [1.807, 2.05) is 37.4 Å². The van der Waals surface area contributed by atoms with E-state index in [0.717, 1.165) is 11.3 Å². The van der Waals surface area contributed by atoms with Crippen LogP contribution in [0, 0.1) is 5.92 Å². The topological polar surface area (TPSA) is 66.3 Å². The fourth-order valence-electron chi connectivity index (χ4n) is 1.86. The van der Waals surface area contributed by atoms with E-state index in [9.17, 15) is 4.79 Å². The van der Waals surface area contributed by atoms with Gasteiger partial charge in [0.25, 0.3) is 0 Å². The number of anilines is 1. The maximum absolute atomic E-state index is 10.8. The molecule has 1 aromatic heterocycles. The molecule has 0 saturated carbocycles. The lowest BCUT2D eigenvalue weighted by atomic mass is 10.1. The van der Waals surface area contributed by atoms with Crippen LogP contribution in [0.5, 0.6) is 0 Å². The first-order valence-electron chi connectivity index (χ1n) is 6.39. The molecular formula is C15H17N3O2. The van der Waals surface area contributed by atoms with E-state index in [2.05, 4.69) is 9.97 Å². The van der Waals surface area contributed by atoms with Crippen molar-refractivity contribution in [3.05, 3.63) is 42.7 Å². The van der Waals surface area contributed by atoms with Crippen LogP contribution in [0.3, 0.4) is 0 Å². The molecule has 1 atom stereocenters. The van der Waals surface area contributed by atoms with Gasteiger partial charge >= 0.3 is 5.97 Å². The van der Waals surface area contributed by atoms with Gasteiger partial charge in [-0.2, -0.15) is 0 Å². The van der Waals surface area contributed by atoms with Crippen molar-refractivity contribution in [2.75, 3.05) is 18.5 Å². The first-order valence-corrected chi connectivity index (χ1v) is 6.39. The predicted octanol–water partition coefficient (Wildman–Crippen LogP) is 2.30. The first kappa shape index (κ1) is 14.0. The van der Waals surface area contributed by atoms with Gasteiger partial charge < -0.3 is 10.0 Å². The van der Waals surface area contributed by atoms with Crippen LogP contribution >= 0.6 is 0 Å². The average molecular weight is 271 g/mol. The van der Waals surface area contributed by atoms with Gasteiger partial charge in [-0.1, -0.05) is 37.3 Å². The van der Waals surface area contributed by atoms with Gasteiger partial charge in [-0.3, -0.25) is 9.78 Å². The van der Waals surface area contributed by atoms with Gasteiger partial charge in [-0.05, 0) is 0 Å². The van der Waals surface area contributed by atoms with Gasteiger partial charge in [0, 0.05) is 19.2 Å². The summed E-state index contributed by atoms with van der Waals surface area (Å²) in [7, 11) is 1.81. The van der Waals surface area contributed by atoms with E-state index < -0.39 is 11.9 Å². The molecule has 0 aliphatic carbocycles. The highest BCUT2D eigenvalue weighted by atomic mass is 16.4. The number of carboxylic acid groups (broad SMARTS) is 1. The largest absolute Gasteiger partial charge is 0.481 e. The van der Waals surface area contributed by atoms with Crippen LogP contribution in [0.15, 0.2) is 42.7 Å². The third kappa shape index (κ3) is 3.32. The van der Waals surface area contributed by atoms with Crippen molar-refractivity contribution >= 4 is 11.8 Å². The number of rotatable bonds is 5. The number of carbonyl (C=O) groups is 1. The van der Waals surface area contributed by atoms with Crippen LogP contribution in [0.2, 0.25) is 0 Å². The van der Waals surface area contributed by atoms with Crippen molar-refractivity contribution in [2.45, 2.75) is 6.92 Å². The van der Waals surface area contributed by atoms with Crippen molar-refractivity contribution in [1.29, 1.82) is 0 Å². The Balaban J connectivity index is 2.10. The Morgan fingerprint density at radius 2 is 1.95 bits per heavy atom. The van der Waals surface area contributed by atoms with Gasteiger partial charge in [0.05, 0.1) is 24.0 Å². The Morgan fingerprint density at radius 1 is 1.25 bits per heavy atom. The van der Waals surface area contributed by atoms with Crippen LogP contribution in [-0.2, 0) is 4.79 Å². The molecule has 0 aliphatic heterocycles. The zero-order valence-corrected chi connectivity index (χ0v) is 11.5. The van der Waals surface area contributed by atoms with Crippen molar-refractivity contribution in [1.82, 2.24) is 9.97 Å². The highest BCUT2D eigenvalue weighted by molar-refractivity contribution is 5.70. The van der Waals surface area contributed by atoms with E-state index in [0.29, 0.717) is 12.4 Å². The summed E-state index contributed by atoms with van der Waals surface area (Å²) in [6.45, 7) is 2.07. The molecule has 1 unspecified atom stereocenters. The van der Waals surface area contributed by atoms with Gasteiger partial charge in [0.1, 0.15) is 5.82 Å². The van der Waals surface area contributed by atoms with Crippen molar-refractivity contribution in [2.24, 2.45) is 5.92 Å². The predicted molar refractivity (Wildman–Crippen MR) is 77.5 cm³/mol. The van der Waals surface area contributed by atoms with Crippen LogP contribution in [-0.4, -0.2) is 34.6 Å².